The van der Waals surface area contributed by atoms with E-state index >= 15 is 0 Å². The van der Waals surface area contributed by atoms with Crippen LogP contribution in [0.2, 0.25) is 0 Å². The van der Waals surface area contributed by atoms with Crippen LogP contribution in [0.4, 0.5) is 19.0 Å². The second-order valence-electron chi connectivity index (χ2n) is 9.38. The minimum atomic E-state index is -4.44. The lowest BCUT2D eigenvalue weighted by Crippen LogP contribution is -2.58. The molecule has 3 aromatic heterocycles. The van der Waals surface area contributed by atoms with Crippen LogP contribution in [0.3, 0.4) is 0 Å². The molecule has 34 heavy (non-hydrogen) atoms. The molecule has 0 unspecified atom stereocenters. The molecule has 5 rings (SSSR count). The Morgan fingerprint density at radius 3 is 2.47 bits per heavy atom. The first kappa shape index (κ1) is 23.0. The number of hydrogen-bond donors (Lipinski definition) is 0. The molecule has 0 aliphatic carbocycles. The summed E-state index contributed by atoms with van der Waals surface area (Å²) in [5.74, 6) is 1.80. The lowest BCUT2D eigenvalue weighted by atomic mass is 9.97. The van der Waals surface area contributed by atoms with Crippen molar-refractivity contribution in [3.05, 3.63) is 42.4 Å². The average Bonchev–Trinajstić information content (AvgIpc) is 3.25. The van der Waals surface area contributed by atoms with E-state index in [1.54, 1.807) is 6.20 Å². The molecule has 182 valence electrons. The van der Waals surface area contributed by atoms with Crippen molar-refractivity contribution in [2.75, 3.05) is 37.7 Å². The SMILES string of the molecule is C[C@@H]1CN(c2ccnc(-c3cnc4ccc(C(F)(F)F)cn34)n2)C[C@H](C)N1CC1CCOCC1. The van der Waals surface area contributed by atoms with Crippen LogP contribution in [0.25, 0.3) is 17.2 Å². The number of alkyl halides is 3. The van der Waals surface area contributed by atoms with Gasteiger partial charge in [0.2, 0.25) is 0 Å². The summed E-state index contributed by atoms with van der Waals surface area (Å²) in [6, 6.07) is 4.97. The molecule has 3 aromatic rings. The summed E-state index contributed by atoms with van der Waals surface area (Å²) in [6.45, 7) is 8.93. The van der Waals surface area contributed by atoms with Crippen LogP contribution in [-0.2, 0) is 10.9 Å². The zero-order valence-corrected chi connectivity index (χ0v) is 19.4. The number of ether oxygens (including phenoxy) is 1. The van der Waals surface area contributed by atoms with Crippen molar-refractivity contribution in [3.63, 3.8) is 0 Å². The predicted octanol–water partition coefficient (Wildman–Crippen LogP) is 4.14. The van der Waals surface area contributed by atoms with Gasteiger partial charge in [-0.2, -0.15) is 13.2 Å². The van der Waals surface area contributed by atoms with Crippen molar-refractivity contribution in [2.45, 2.75) is 44.9 Å². The first-order valence-electron chi connectivity index (χ1n) is 11.8. The summed E-state index contributed by atoms with van der Waals surface area (Å²) < 4.78 is 46.6. The third kappa shape index (κ3) is 4.61. The van der Waals surface area contributed by atoms with Crippen LogP contribution in [0, 0.1) is 5.92 Å². The van der Waals surface area contributed by atoms with Gasteiger partial charge in [0.1, 0.15) is 17.2 Å². The summed E-state index contributed by atoms with van der Waals surface area (Å²) >= 11 is 0. The van der Waals surface area contributed by atoms with Gasteiger partial charge in [0.15, 0.2) is 5.82 Å². The molecule has 0 N–H and O–H groups in total. The van der Waals surface area contributed by atoms with E-state index in [0.29, 0.717) is 35.2 Å². The predicted molar refractivity (Wildman–Crippen MR) is 123 cm³/mol. The summed E-state index contributed by atoms with van der Waals surface area (Å²) in [7, 11) is 0. The van der Waals surface area contributed by atoms with E-state index in [4.69, 9.17) is 9.72 Å². The highest BCUT2D eigenvalue weighted by atomic mass is 19.4. The Morgan fingerprint density at radius 2 is 1.76 bits per heavy atom. The summed E-state index contributed by atoms with van der Waals surface area (Å²) in [6.07, 6.45) is 2.02. The normalized spacial score (nSPS) is 23.0. The van der Waals surface area contributed by atoms with Gasteiger partial charge in [-0.05, 0) is 50.8 Å². The lowest BCUT2D eigenvalue weighted by molar-refractivity contribution is -0.137. The maximum atomic E-state index is 13.2. The minimum absolute atomic E-state index is 0.356. The highest BCUT2D eigenvalue weighted by Crippen LogP contribution is 2.31. The Morgan fingerprint density at radius 1 is 1.03 bits per heavy atom. The molecule has 2 saturated heterocycles. The van der Waals surface area contributed by atoms with Crippen molar-refractivity contribution < 1.29 is 17.9 Å². The van der Waals surface area contributed by atoms with Crippen LogP contribution in [0.1, 0.15) is 32.3 Å². The molecule has 0 bridgehead atoms. The van der Waals surface area contributed by atoms with E-state index in [1.165, 1.54) is 16.7 Å². The average molecular weight is 475 g/mol. The van der Waals surface area contributed by atoms with Crippen LogP contribution < -0.4 is 4.90 Å². The molecular weight excluding hydrogens is 445 g/mol. The van der Waals surface area contributed by atoms with Gasteiger partial charge in [0.05, 0.1) is 11.8 Å². The largest absolute Gasteiger partial charge is 0.417 e. The number of fused-ring (bicyclic) bond motifs is 1. The Bertz CT molecular complexity index is 1130. The van der Waals surface area contributed by atoms with Gasteiger partial charge in [-0.25, -0.2) is 15.0 Å². The van der Waals surface area contributed by atoms with Crippen molar-refractivity contribution in [2.24, 2.45) is 5.92 Å². The smallest absolute Gasteiger partial charge is 0.381 e. The Kier molecular flexibility index (Phi) is 6.20. The second-order valence-corrected chi connectivity index (χ2v) is 9.38. The maximum absolute atomic E-state index is 13.2. The molecule has 10 heteroatoms. The third-order valence-electron chi connectivity index (χ3n) is 6.94. The van der Waals surface area contributed by atoms with Crippen LogP contribution in [-0.4, -0.2) is 69.2 Å². The van der Waals surface area contributed by atoms with Crippen molar-refractivity contribution in [1.82, 2.24) is 24.3 Å². The lowest BCUT2D eigenvalue weighted by Gasteiger charge is -2.46. The van der Waals surface area contributed by atoms with Gasteiger partial charge in [-0.1, -0.05) is 0 Å². The summed E-state index contributed by atoms with van der Waals surface area (Å²) in [4.78, 5) is 18.1. The van der Waals surface area contributed by atoms with Gasteiger partial charge in [-0.15, -0.1) is 0 Å². The zero-order valence-electron chi connectivity index (χ0n) is 19.4. The fourth-order valence-electron chi connectivity index (χ4n) is 5.09. The fraction of sp³-hybridized carbons (Fsp3) is 0.542. The highest BCUT2D eigenvalue weighted by molar-refractivity contribution is 5.59. The molecule has 0 spiro atoms. The first-order chi connectivity index (χ1) is 16.3. The number of aromatic nitrogens is 4. The number of anilines is 1. The van der Waals surface area contributed by atoms with E-state index in [0.717, 1.165) is 63.8 Å². The monoisotopic (exact) mass is 474 g/mol. The van der Waals surface area contributed by atoms with Crippen LogP contribution in [0.5, 0.6) is 0 Å². The molecule has 2 aliphatic heterocycles. The quantitative estimate of drug-likeness (QED) is 0.567. The molecule has 7 nitrogen and oxygen atoms in total. The van der Waals surface area contributed by atoms with E-state index in [1.807, 2.05) is 6.07 Å². The number of nitrogens with zero attached hydrogens (tertiary/aromatic N) is 6. The standard InChI is InChI=1S/C24H29F3N6O/c1-16-12-31(13-17(2)32(16)14-18-6-9-34-10-7-18)22-5-8-28-23(30-22)20-11-29-21-4-3-19(15-33(20)21)24(25,26)27/h3-5,8,11,15-18H,6-7,9-10,12-14H2,1-2H3/t16-,17+. The Hall–Kier alpha value is -2.72. The number of rotatable bonds is 4. The number of pyridine rings is 1. The summed E-state index contributed by atoms with van der Waals surface area (Å²) in [5.41, 5.74) is 0.113. The topological polar surface area (TPSA) is 58.8 Å². The Labute approximate surface area is 196 Å². The van der Waals surface area contributed by atoms with Crippen molar-refractivity contribution in [3.8, 4) is 11.5 Å². The van der Waals surface area contributed by atoms with Gasteiger partial charge < -0.3 is 9.64 Å². The van der Waals surface area contributed by atoms with Crippen molar-refractivity contribution in [1.29, 1.82) is 0 Å². The molecule has 2 aliphatic rings. The number of hydrogen-bond acceptors (Lipinski definition) is 6. The van der Waals surface area contributed by atoms with Gasteiger partial charge in [-0.3, -0.25) is 9.30 Å². The molecule has 2 fully saturated rings. The molecule has 0 radical (unpaired) electrons. The maximum Gasteiger partial charge on any atom is 0.417 e. The molecule has 0 amide bonds. The third-order valence-corrected chi connectivity index (χ3v) is 6.94. The molecule has 0 aromatic carbocycles. The number of halogens is 3. The number of imidazole rings is 1. The van der Waals surface area contributed by atoms with Gasteiger partial charge in [0.25, 0.3) is 0 Å². The molecule has 5 heterocycles. The van der Waals surface area contributed by atoms with E-state index in [9.17, 15) is 13.2 Å². The molecular formula is C24H29F3N6O. The highest BCUT2D eigenvalue weighted by Gasteiger charge is 2.33. The fourth-order valence-corrected chi connectivity index (χ4v) is 5.09. The van der Waals surface area contributed by atoms with Crippen LogP contribution >= 0.6 is 0 Å². The molecule has 2 atom stereocenters. The zero-order chi connectivity index (χ0) is 23.9. The van der Waals surface area contributed by atoms with Crippen molar-refractivity contribution >= 4 is 11.5 Å². The first-order valence-corrected chi connectivity index (χ1v) is 11.8. The van der Waals surface area contributed by atoms with E-state index in [-0.39, 0.29) is 0 Å². The number of piperazine rings is 1. The Balaban J connectivity index is 1.37. The van der Waals surface area contributed by atoms with Gasteiger partial charge in [0, 0.05) is 57.3 Å². The second kappa shape index (κ2) is 9.14. The molecule has 0 saturated carbocycles. The van der Waals surface area contributed by atoms with E-state index in [2.05, 4.69) is 33.6 Å². The van der Waals surface area contributed by atoms with Crippen LogP contribution in [0.15, 0.2) is 36.8 Å². The minimum Gasteiger partial charge on any atom is -0.381 e. The summed E-state index contributed by atoms with van der Waals surface area (Å²) in [5, 5.41) is 0. The van der Waals surface area contributed by atoms with Gasteiger partial charge >= 0.3 is 6.18 Å². The van der Waals surface area contributed by atoms with E-state index < -0.39 is 11.7 Å².